The van der Waals surface area contributed by atoms with Crippen LogP contribution in [0.25, 0.3) is 0 Å². The van der Waals surface area contributed by atoms with Gasteiger partial charge in [0.05, 0.1) is 15.4 Å². The highest BCUT2D eigenvalue weighted by Gasteiger charge is 2.32. The van der Waals surface area contributed by atoms with E-state index in [0.717, 1.165) is 36.4 Å². The number of rotatable bonds is 5. The predicted octanol–water partition coefficient (Wildman–Crippen LogP) is 3.27. The van der Waals surface area contributed by atoms with Gasteiger partial charge in [-0.1, -0.05) is 30.3 Å². The monoisotopic (exact) mass is 504 g/mol. The van der Waals surface area contributed by atoms with Crippen molar-refractivity contribution >= 4 is 44.1 Å². The summed E-state index contributed by atoms with van der Waals surface area (Å²) in [7, 11) is -11.1. The maximum atomic E-state index is 13.4. The lowest BCUT2D eigenvalue weighted by atomic mass is 10.1. The van der Waals surface area contributed by atoms with Crippen molar-refractivity contribution in [3.63, 3.8) is 0 Å². The van der Waals surface area contributed by atoms with Gasteiger partial charge in [-0.3, -0.25) is 9.11 Å². The summed E-state index contributed by atoms with van der Waals surface area (Å²) in [5.74, 6) is 0. The zero-order chi connectivity index (χ0) is 23.9. The Morgan fingerprint density at radius 3 is 1.59 bits per heavy atom. The van der Waals surface area contributed by atoms with Crippen LogP contribution in [0.15, 0.2) is 76.5 Å². The first kappa shape index (κ1) is 24.3. The van der Waals surface area contributed by atoms with Gasteiger partial charge < -0.3 is 0 Å². The third-order valence-electron chi connectivity index (χ3n) is 4.39. The zero-order valence-electron chi connectivity index (χ0n) is 16.3. The van der Waals surface area contributed by atoms with E-state index in [1.807, 2.05) is 0 Å². The number of benzene rings is 3. The molecule has 0 spiro atoms. The summed E-state index contributed by atoms with van der Waals surface area (Å²) < 4.78 is 106. The van der Waals surface area contributed by atoms with Crippen LogP contribution in [0.4, 0.5) is 13.2 Å². The molecular weight excluding hydrogens is 488 g/mol. The molecule has 3 aromatic rings. The Balaban J connectivity index is 2.33. The van der Waals surface area contributed by atoms with Crippen LogP contribution < -0.4 is 15.9 Å². The summed E-state index contributed by atoms with van der Waals surface area (Å²) in [4.78, 5) is -0.922. The lowest BCUT2D eigenvalue weighted by Gasteiger charge is -2.22. The van der Waals surface area contributed by atoms with Crippen molar-refractivity contribution in [2.75, 3.05) is 0 Å². The fourth-order valence-corrected chi connectivity index (χ4v) is 6.80. The first-order valence-corrected chi connectivity index (χ1v) is 13.0. The molecule has 0 fully saturated rings. The molecule has 32 heavy (non-hydrogen) atoms. The molecule has 3 aromatic carbocycles. The Morgan fingerprint density at radius 1 is 0.719 bits per heavy atom. The minimum Gasteiger partial charge on any atom is -0.282 e. The van der Waals surface area contributed by atoms with Crippen molar-refractivity contribution in [3.8, 4) is 0 Å². The summed E-state index contributed by atoms with van der Waals surface area (Å²) >= 11 is 0. The van der Waals surface area contributed by atoms with Crippen LogP contribution in [0.2, 0.25) is 0 Å². The molecule has 0 aromatic heterocycles. The highest BCUT2D eigenvalue weighted by molar-refractivity contribution is 7.86. The van der Waals surface area contributed by atoms with Gasteiger partial charge >= 0.3 is 6.18 Å². The molecule has 0 saturated carbocycles. The van der Waals surface area contributed by atoms with Gasteiger partial charge in [0.2, 0.25) is 0 Å². The molecule has 0 aliphatic rings. The molecule has 0 aliphatic heterocycles. The average molecular weight is 504 g/mol. The molecular formula is C20H16F3O6PS2. The third-order valence-corrected chi connectivity index (χ3v) is 8.46. The van der Waals surface area contributed by atoms with Crippen LogP contribution in [-0.4, -0.2) is 25.9 Å². The van der Waals surface area contributed by atoms with Gasteiger partial charge in [-0.05, 0) is 72.7 Å². The number of halogens is 3. The van der Waals surface area contributed by atoms with E-state index < -0.39 is 49.7 Å². The maximum absolute atomic E-state index is 13.4. The summed E-state index contributed by atoms with van der Waals surface area (Å²) in [6.07, 6.45) is -4.64. The van der Waals surface area contributed by atoms with E-state index in [2.05, 4.69) is 0 Å². The molecule has 6 nitrogen and oxygen atoms in total. The van der Waals surface area contributed by atoms with Gasteiger partial charge in [0.25, 0.3) is 20.2 Å². The first-order valence-electron chi connectivity index (χ1n) is 8.80. The van der Waals surface area contributed by atoms with Crippen LogP contribution in [0, 0.1) is 6.92 Å². The topological polar surface area (TPSA) is 109 Å². The van der Waals surface area contributed by atoms with Crippen LogP contribution >= 0.6 is 7.92 Å². The van der Waals surface area contributed by atoms with Gasteiger partial charge in [0.1, 0.15) is 0 Å². The number of hydrogen-bond donors (Lipinski definition) is 2. The predicted molar refractivity (Wildman–Crippen MR) is 115 cm³/mol. The van der Waals surface area contributed by atoms with Crippen molar-refractivity contribution < 1.29 is 39.1 Å². The molecule has 0 radical (unpaired) electrons. The molecule has 0 atom stereocenters. The third kappa shape index (κ3) is 5.54. The van der Waals surface area contributed by atoms with Crippen molar-refractivity contribution in [1.29, 1.82) is 0 Å². The molecule has 0 bridgehead atoms. The highest BCUT2D eigenvalue weighted by Crippen LogP contribution is 2.37. The summed E-state index contributed by atoms with van der Waals surface area (Å²) in [5, 5.41) is 0.676. The van der Waals surface area contributed by atoms with Gasteiger partial charge in [0, 0.05) is 0 Å². The molecule has 170 valence electrons. The van der Waals surface area contributed by atoms with Crippen LogP contribution in [0.1, 0.15) is 11.1 Å². The minimum atomic E-state index is -4.64. The van der Waals surface area contributed by atoms with E-state index in [4.69, 9.17) is 0 Å². The smallest absolute Gasteiger partial charge is 0.282 e. The average Bonchev–Trinajstić information content (AvgIpc) is 2.66. The van der Waals surface area contributed by atoms with E-state index in [-0.39, 0.29) is 15.9 Å². The maximum Gasteiger partial charge on any atom is 0.416 e. The Morgan fingerprint density at radius 2 is 1.19 bits per heavy atom. The summed E-state index contributed by atoms with van der Waals surface area (Å²) in [5.41, 5.74) is -0.629. The Bertz CT molecular complexity index is 1310. The fraction of sp³-hybridized carbons (Fsp3) is 0.100. The van der Waals surface area contributed by atoms with Crippen LogP contribution in [-0.2, 0) is 26.4 Å². The van der Waals surface area contributed by atoms with E-state index in [0.29, 0.717) is 5.56 Å². The zero-order valence-corrected chi connectivity index (χ0v) is 18.8. The molecule has 0 unspecified atom stereocenters. The molecule has 0 saturated heterocycles. The summed E-state index contributed by atoms with van der Waals surface area (Å²) in [6, 6.07) is 13.4. The Hall–Kier alpha value is -2.30. The Kier molecular flexibility index (Phi) is 6.52. The second-order valence-electron chi connectivity index (χ2n) is 6.84. The lowest BCUT2D eigenvalue weighted by Crippen LogP contribution is -2.23. The molecule has 0 aliphatic carbocycles. The van der Waals surface area contributed by atoms with Crippen molar-refractivity contribution in [2.45, 2.75) is 22.9 Å². The largest absolute Gasteiger partial charge is 0.416 e. The molecule has 12 heteroatoms. The SMILES string of the molecule is Cc1cc(P(c2cccc(S(=O)(=O)O)c2)c2cccc(S(=O)(=O)O)c2)cc(C(F)(F)F)c1. The van der Waals surface area contributed by atoms with Gasteiger partial charge in [-0.2, -0.15) is 30.0 Å². The first-order chi connectivity index (χ1) is 14.7. The molecule has 0 amide bonds. The summed E-state index contributed by atoms with van der Waals surface area (Å²) in [6.45, 7) is 1.47. The molecule has 2 N–H and O–H groups in total. The van der Waals surface area contributed by atoms with Crippen molar-refractivity contribution in [3.05, 3.63) is 77.9 Å². The Labute approximate surface area is 184 Å². The highest BCUT2D eigenvalue weighted by atomic mass is 32.2. The minimum absolute atomic E-state index is 0.173. The van der Waals surface area contributed by atoms with Crippen LogP contribution in [0.5, 0.6) is 0 Å². The second kappa shape index (κ2) is 8.57. The normalized spacial score (nSPS) is 12.8. The second-order valence-corrected chi connectivity index (χ2v) is 11.9. The van der Waals surface area contributed by atoms with Crippen LogP contribution in [0.3, 0.4) is 0 Å². The quantitative estimate of drug-likeness (QED) is 0.408. The van der Waals surface area contributed by atoms with E-state index >= 15 is 0 Å². The fourth-order valence-electron chi connectivity index (χ4n) is 3.07. The van der Waals surface area contributed by atoms with Gasteiger partial charge in [-0.15, -0.1) is 0 Å². The number of aryl methyl sites for hydroxylation is 1. The van der Waals surface area contributed by atoms with E-state index in [9.17, 15) is 39.1 Å². The lowest BCUT2D eigenvalue weighted by molar-refractivity contribution is -0.137. The van der Waals surface area contributed by atoms with Crippen molar-refractivity contribution in [2.24, 2.45) is 0 Å². The van der Waals surface area contributed by atoms with Gasteiger partial charge in [-0.25, -0.2) is 0 Å². The van der Waals surface area contributed by atoms with E-state index in [1.54, 1.807) is 0 Å². The molecule has 0 heterocycles. The van der Waals surface area contributed by atoms with Crippen molar-refractivity contribution in [1.82, 2.24) is 0 Å². The standard InChI is InChI=1S/C20H16F3O6PS2/c1-13-8-14(20(21,22)23)10-17(9-13)30(15-4-2-6-18(11-15)31(24,25)26)16-5-3-7-19(12-16)32(27,28)29/h2-12H,1H3,(H,24,25,26)(H,27,28,29). The number of hydrogen-bond acceptors (Lipinski definition) is 4. The van der Waals surface area contributed by atoms with Gasteiger partial charge in [0.15, 0.2) is 0 Å². The number of alkyl halides is 3. The van der Waals surface area contributed by atoms with E-state index in [1.165, 1.54) is 37.3 Å². The molecule has 3 rings (SSSR count).